The Morgan fingerprint density at radius 1 is 1.13 bits per heavy atom. The summed E-state index contributed by atoms with van der Waals surface area (Å²) in [5, 5.41) is 2.96. The third-order valence-electron chi connectivity index (χ3n) is 4.22. The number of nitrogens with zero attached hydrogens (tertiary/aromatic N) is 1. The minimum absolute atomic E-state index is 0.126. The van der Waals surface area contributed by atoms with E-state index in [1.54, 1.807) is 6.07 Å². The Labute approximate surface area is 134 Å². The highest BCUT2D eigenvalue weighted by Gasteiger charge is 2.30. The zero-order valence-corrected chi connectivity index (χ0v) is 12.9. The predicted octanol–water partition coefficient (Wildman–Crippen LogP) is 3.44. The summed E-state index contributed by atoms with van der Waals surface area (Å²) >= 11 is 0. The van der Waals surface area contributed by atoms with Crippen molar-refractivity contribution in [3.63, 3.8) is 0 Å². The lowest BCUT2D eigenvalue weighted by Gasteiger charge is -2.24. The van der Waals surface area contributed by atoms with Gasteiger partial charge in [0.1, 0.15) is 13.2 Å². The van der Waals surface area contributed by atoms with Gasteiger partial charge in [0.2, 0.25) is 0 Å². The van der Waals surface area contributed by atoms with Crippen LogP contribution in [-0.4, -0.2) is 25.3 Å². The maximum absolute atomic E-state index is 12.7. The van der Waals surface area contributed by atoms with Gasteiger partial charge >= 0.3 is 6.03 Å². The van der Waals surface area contributed by atoms with E-state index in [4.69, 9.17) is 9.47 Å². The number of para-hydroxylation sites is 1. The first-order chi connectivity index (χ1) is 11.2. The standard InChI is InChI=1S/C18H18N2O3/c1-12-10-13-4-2-3-5-15(13)20(12)18(21)19-14-6-7-16-17(11-14)23-9-8-22-16/h2-7,11-12H,8-10H2,1H3,(H,19,21)/t12-/m0/s1. The molecular formula is C18H18N2O3. The molecule has 5 nitrogen and oxygen atoms in total. The SMILES string of the molecule is C[C@H]1Cc2ccccc2N1C(=O)Nc1ccc2c(c1)OCCO2. The summed E-state index contributed by atoms with van der Waals surface area (Å²) in [7, 11) is 0. The molecule has 0 saturated carbocycles. The lowest BCUT2D eigenvalue weighted by molar-refractivity contribution is 0.171. The summed E-state index contributed by atoms with van der Waals surface area (Å²) in [6, 6.07) is 13.5. The van der Waals surface area contributed by atoms with Crippen molar-refractivity contribution in [1.82, 2.24) is 0 Å². The van der Waals surface area contributed by atoms with Gasteiger partial charge in [0.15, 0.2) is 11.5 Å². The molecule has 0 saturated heterocycles. The van der Waals surface area contributed by atoms with Crippen LogP contribution in [0, 0.1) is 0 Å². The number of ether oxygens (including phenoxy) is 2. The third kappa shape index (κ3) is 2.48. The molecule has 2 aliphatic rings. The fourth-order valence-electron chi connectivity index (χ4n) is 3.18. The number of fused-ring (bicyclic) bond motifs is 2. The van der Waals surface area contributed by atoms with Crippen molar-refractivity contribution in [1.29, 1.82) is 0 Å². The van der Waals surface area contributed by atoms with Crippen LogP contribution < -0.4 is 19.7 Å². The second kappa shape index (κ2) is 5.50. The number of hydrogen-bond acceptors (Lipinski definition) is 3. The van der Waals surface area contributed by atoms with Crippen molar-refractivity contribution < 1.29 is 14.3 Å². The second-order valence-electron chi connectivity index (χ2n) is 5.84. The highest BCUT2D eigenvalue weighted by molar-refractivity contribution is 6.03. The molecule has 2 heterocycles. The van der Waals surface area contributed by atoms with Crippen LogP contribution in [0.15, 0.2) is 42.5 Å². The number of nitrogens with one attached hydrogen (secondary N) is 1. The number of carbonyl (C=O) groups is 1. The summed E-state index contributed by atoms with van der Waals surface area (Å²) < 4.78 is 11.1. The van der Waals surface area contributed by atoms with Crippen molar-refractivity contribution in [2.24, 2.45) is 0 Å². The molecular weight excluding hydrogens is 292 g/mol. The van der Waals surface area contributed by atoms with Crippen LogP contribution in [0.3, 0.4) is 0 Å². The van der Waals surface area contributed by atoms with Crippen molar-refractivity contribution >= 4 is 17.4 Å². The van der Waals surface area contributed by atoms with Gasteiger partial charge in [0, 0.05) is 23.5 Å². The molecule has 0 unspecified atom stereocenters. The Hall–Kier alpha value is -2.69. The summed E-state index contributed by atoms with van der Waals surface area (Å²) in [5.41, 5.74) is 2.89. The first-order valence-corrected chi connectivity index (χ1v) is 7.80. The summed E-state index contributed by atoms with van der Waals surface area (Å²) in [6.45, 7) is 3.14. The van der Waals surface area contributed by atoms with E-state index in [0.717, 1.165) is 12.1 Å². The maximum atomic E-state index is 12.7. The average molecular weight is 310 g/mol. The Morgan fingerprint density at radius 2 is 1.91 bits per heavy atom. The van der Waals surface area contributed by atoms with Gasteiger partial charge in [0.05, 0.1) is 0 Å². The van der Waals surface area contributed by atoms with Gasteiger partial charge in [0.25, 0.3) is 0 Å². The van der Waals surface area contributed by atoms with E-state index in [1.165, 1.54) is 5.56 Å². The van der Waals surface area contributed by atoms with Gasteiger partial charge in [-0.15, -0.1) is 0 Å². The van der Waals surface area contributed by atoms with E-state index in [1.807, 2.05) is 35.2 Å². The second-order valence-corrected chi connectivity index (χ2v) is 5.84. The Bertz CT molecular complexity index is 760. The number of amides is 2. The minimum Gasteiger partial charge on any atom is -0.486 e. The quantitative estimate of drug-likeness (QED) is 0.878. The molecule has 23 heavy (non-hydrogen) atoms. The van der Waals surface area contributed by atoms with Gasteiger partial charge in [-0.05, 0) is 37.1 Å². The van der Waals surface area contributed by atoms with Crippen LogP contribution in [-0.2, 0) is 6.42 Å². The van der Waals surface area contributed by atoms with E-state index in [9.17, 15) is 4.79 Å². The van der Waals surface area contributed by atoms with Crippen LogP contribution >= 0.6 is 0 Å². The van der Waals surface area contributed by atoms with E-state index >= 15 is 0 Å². The molecule has 0 fully saturated rings. The zero-order chi connectivity index (χ0) is 15.8. The van der Waals surface area contributed by atoms with Crippen molar-refractivity contribution in [2.75, 3.05) is 23.4 Å². The third-order valence-corrected chi connectivity index (χ3v) is 4.22. The van der Waals surface area contributed by atoms with Crippen molar-refractivity contribution in [3.8, 4) is 11.5 Å². The lowest BCUT2D eigenvalue weighted by Crippen LogP contribution is -2.39. The molecule has 4 rings (SSSR count). The van der Waals surface area contributed by atoms with Gasteiger partial charge in [-0.3, -0.25) is 4.90 Å². The molecule has 5 heteroatoms. The summed E-state index contributed by atoms with van der Waals surface area (Å²) in [4.78, 5) is 14.5. The first kappa shape index (κ1) is 13.9. The number of hydrogen-bond donors (Lipinski definition) is 1. The van der Waals surface area contributed by atoms with Gasteiger partial charge in [-0.2, -0.15) is 0 Å². The Kier molecular flexibility index (Phi) is 3.33. The fraction of sp³-hybridized carbons (Fsp3) is 0.278. The van der Waals surface area contributed by atoms with Gasteiger partial charge in [-0.1, -0.05) is 18.2 Å². The number of anilines is 2. The molecule has 0 aliphatic carbocycles. The van der Waals surface area contributed by atoms with E-state index < -0.39 is 0 Å². The number of carbonyl (C=O) groups excluding carboxylic acids is 1. The minimum atomic E-state index is -0.126. The number of benzene rings is 2. The maximum Gasteiger partial charge on any atom is 0.326 e. The fourth-order valence-corrected chi connectivity index (χ4v) is 3.18. The normalized spacial score (nSPS) is 18.5. The Balaban J connectivity index is 1.56. The summed E-state index contributed by atoms with van der Waals surface area (Å²) in [6.07, 6.45) is 0.880. The molecule has 1 atom stereocenters. The van der Waals surface area contributed by atoms with Crippen LogP contribution in [0.5, 0.6) is 11.5 Å². The molecule has 0 spiro atoms. The molecule has 2 amide bonds. The van der Waals surface area contributed by atoms with Crippen LogP contribution in [0.4, 0.5) is 16.2 Å². The van der Waals surface area contributed by atoms with E-state index in [0.29, 0.717) is 30.4 Å². The van der Waals surface area contributed by atoms with Crippen LogP contribution in [0.2, 0.25) is 0 Å². The zero-order valence-electron chi connectivity index (χ0n) is 12.9. The molecule has 0 aromatic heterocycles. The molecule has 0 bridgehead atoms. The average Bonchev–Trinajstić information content (AvgIpc) is 2.90. The Morgan fingerprint density at radius 3 is 2.78 bits per heavy atom. The van der Waals surface area contributed by atoms with Gasteiger partial charge in [-0.25, -0.2) is 4.79 Å². The molecule has 2 aromatic carbocycles. The van der Waals surface area contributed by atoms with E-state index in [-0.39, 0.29) is 12.1 Å². The predicted molar refractivity (Wildman–Crippen MR) is 88.5 cm³/mol. The van der Waals surface area contributed by atoms with Crippen LogP contribution in [0.25, 0.3) is 0 Å². The molecule has 0 radical (unpaired) electrons. The molecule has 118 valence electrons. The largest absolute Gasteiger partial charge is 0.486 e. The number of rotatable bonds is 1. The highest BCUT2D eigenvalue weighted by atomic mass is 16.6. The van der Waals surface area contributed by atoms with E-state index in [2.05, 4.69) is 18.3 Å². The van der Waals surface area contributed by atoms with Crippen molar-refractivity contribution in [3.05, 3.63) is 48.0 Å². The monoisotopic (exact) mass is 310 g/mol. The van der Waals surface area contributed by atoms with Crippen molar-refractivity contribution in [2.45, 2.75) is 19.4 Å². The molecule has 1 N–H and O–H groups in total. The lowest BCUT2D eigenvalue weighted by atomic mass is 10.1. The first-order valence-electron chi connectivity index (χ1n) is 7.80. The van der Waals surface area contributed by atoms with Gasteiger partial charge < -0.3 is 14.8 Å². The smallest absolute Gasteiger partial charge is 0.326 e. The highest BCUT2D eigenvalue weighted by Crippen LogP contribution is 2.34. The topological polar surface area (TPSA) is 50.8 Å². The molecule has 2 aliphatic heterocycles. The molecule has 2 aromatic rings. The summed E-state index contributed by atoms with van der Waals surface area (Å²) in [5.74, 6) is 1.39. The van der Waals surface area contributed by atoms with Crippen LogP contribution in [0.1, 0.15) is 12.5 Å². The number of urea groups is 1.